The fraction of sp³-hybridized carbons (Fsp3) is 0.435. The molecule has 0 spiro atoms. The van der Waals surface area contributed by atoms with Gasteiger partial charge in [0.15, 0.2) is 0 Å². The zero-order valence-electron chi connectivity index (χ0n) is 19.4. The minimum Gasteiger partial charge on any atom is -0.444 e. The largest absolute Gasteiger partial charge is 0.444 e. The Morgan fingerprint density at radius 2 is 1.88 bits per heavy atom. The smallest absolute Gasteiger partial charge is 0.414 e. The molecule has 0 radical (unpaired) electrons. The Bertz CT molecular complexity index is 1010. The summed E-state index contributed by atoms with van der Waals surface area (Å²) in [5.41, 5.74) is 1.09. The Morgan fingerprint density at radius 1 is 1.15 bits per heavy atom. The fourth-order valence-corrected chi connectivity index (χ4v) is 4.11. The maximum Gasteiger partial charge on any atom is 0.414 e. The van der Waals surface area contributed by atoms with Gasteiger partial charge in [0.1, 0.15) is 11.7 Å². The molecule has 184 valence electrons. The Balaban J connectivity index is 1.39. The van der Waals surface area contributed by atoms with Gasteiger partial charge in [-0.1, -0.05) is 11.6 Å². The SMILES string of the molecule is CC(C)(C)OC(=O)NCCCNc1ccc(N2C[C@H](CNC(=O)c3ccc(Cl)s3)OC2=O)cc1. The number of carbonyl (C=O) groups excluding carboxylic acids is 3. The molecule has 3 N–H and O–H groups in total. The second kappa shape index (κ2) is 11.4. The van der Waals surface area contributed by atoms with Crippen LogP contribution >= 0.6 is 22.9 Å². The molecule has 3 amide bonds. The molecule has 9 nitrogen and oxygen atoms in total. The highest BCUT2D eigenvalue weighted by Crippen LogP contribution is 2.24. The third kappa shape index (κ3) is 7.81. The van der Waals surface area contributed by atoms with Gasteiger partial charge >= 0.3 is 12.2 Å². The van der Waals surface area contributed by atoms with Crippen molar-refractivity contribution < 1.29 is 23.9 Å². The molecule has 34 heavy (non-hydrogen) atoms. The molecule has 2 heterocycles. The molecule has 11 heteroatoms. The van der Waals surface area contributed by atoms with E-state index in [1.54, 1.807) is 12.1 Å². The zero-order valence-corrected chi connectivity index (χ0v) is 20.9. The summed E-state index contributed by atoms with van der Waals surface area (Å²) >= 11 is 7.05. The number of cyclic esters (lactones) is 1. The lowest BCUT2D eigenvalue weighted by Gasteiger charge is -2.19. The van der Waals surface area contributed by atoms with E-state index in [1.165, 1.54) is 16.2 Å². The molecular weight excluding hydrogens is 480 g/mol. The number of nitrogens with one attached hydrogen (secondary N) is 3. The first-order valence-corrected chi connectivity index (χ1v) is 12.1. The number of hydrogen-bond acceptors (Lipinski definition) is 7. The molecule has 1 saturated heterocycles. The maximum atomic E-state index is 12.3. The molecule has 1 atom stereocenters. The van der Waals surface area contributed by atoms with Crippen molar-refractivity contribution in [1.29, 1.82) is 0 Å². The molecule has 1 aromatic heterocycles. The van der Waals surface area contributed by atoms with E-state index in [2.05, 4.69) is 16.0 Å². The van der Waals surface area contributed by atoms with E-state index in [0.717, 1.165) is 12.1 Å². The third-order valence-electron chi connectivity index (χ3n) is 4.69. The number of halogens is 1. The molecule has 1 fully saturated rings. The van der Waals surface area contributed by atoms with Crippen molar-refractivity contribution in [3.05, 3.63) is 45.6 Å². The van der Waals surface area contributed by atoms with Gasteiger partial charge in [-0.2, -0.15) is 0 Å². The van der Waals surface area contributed by atoms with E-state index in [0.29, 0.717) is 34.5 Å². The van der Waals surface area contributed by atoms with Gasteiger partial charge in [-0.05, 0) is 63.6 Å². The number of hydrogen-bond donors (Lipinski definition) is 3. The van der Waals surface area contributed by atoms with Crippen molar-refractivity contribution in [2.75, 3.05) is 36.4 Å². The summed E-state index contributed by atoms with van der Waals surface area (Å²) in [5, 5.41) is 8.76. The molecule has 0 unspecified atom stereocenters. The van der Waals surface area contributed by atoms with Gasteiger partial charge in [-0.25, -0.2) is 9.59 Å². The number of carbonyl (C=O) groups is 3. The van der Waals surface area contributed by atoms with Crippen molar-refractivity contribution in [3.8, 4) is 0 Å². The standard InChI is InChI=1S/C23H29ClN4O5S/c1-23(2,3)33-21(30)26-12-4-11-25-15-5-7-16(8-6-15)28-14-17(32-22(28)31)13-27-20(29)18-9-10-19(24)34-18/h5-10,17,25H,4,11-14H2,1-3H3,(H,26,30)(H,27,29)/t17-/m0/s1. The Kier molecular flexibility index (Phi) is 8.62. The van der Waals surface area contributed by atoms with Crippen molar-refractivity contribution in [1.82, 2.24) is 10.6 Å². The number of anilines is 2. The molecule has 1 aliphatic heterocycles. The van der Waals surface area contributed by atoms with E-state index < -0.39 is 23.9 Å². The molecule has 0 bridgehead atoms. The average Bonchev–Trinajstić information content (AvgIpc) is 3.36. The number of nitrogens with zero attached hydrogens (tertiary/aromatic N) is 1. The summed E-state index contributed by atoms with van der Waals surface area (Å²) in [7, 11) is 0. The number of ether oxygens (including phenoxy) is 2. The summed E-state index contributed by atoms with van der Waals surface area (Å²) in [6, 6.07) is 10.7. The molecular formula is C23H29ClN4O5S. The van der Waals surface area contributed by atoms with Crippen molar-refractivity contribution in [2.24, 2.45) is 0 Å². The molecule has 1 aliphatic rings. The van der Waals surface area contributed by atoms with Crippen molar-refractivity contribution in [3.63, 3.8) is 0 Å². The predicted molar refractivity (Wildman–Crippen MR) is 133 cm³/mol. The van der Waals surface area contributed by atoms with E-state index in [1.807, 2.05) is 45.0 Å². The number of amides is 3. The number of rotatable bonds is 9. The summed E-state index contributed by atoms with van der Waals surface area (Å²) < 4.78 is 11.1. The van der Waals surface area contributed by atoms with Crippen LogP contribution in [0.3, 0.4) is 0 Å². The topological polar surface area (TPSA) is 109 Å². The predicted octanol–water partition coefficient (Wildman–Crippen LogP) is 4.48. The van der Waals surface area contributed by atoms with E-state index in [9.17, 15) is 14.4 Å². The highest BCUT2D eigenvalue weighted by Gasteiger charge is 2.32. The van der Waals surface area contributed by atoms with Crippen LogP contribution < -0.4 is 20.9 Å². The van der Waals surface area contributed by atoms with Crippen molar-refractivity contribution in [2.45, 2.75) is 38.9 Å². The maximum absolute atomic E-state index is 12.3. The average molecular weight is 509 g/mol. The van der Waals surface area contributed by atoms with Gasteiger partial charge in [0.25, 0.3) is 5.91 Å². The lowest BCUT2D eigenvalue weighted by atomic mass is 10.2. The van der Waals surface area contributed by atoms with Crippen LogP contribution in [-0.2, 0) is 9.47 Å². The molecule has 1 aromatic carbocycles. The van der Waals surface area contributed by atoms with E-state index in [4.69, 9.17) is 21.1 Å². The first kappa shape index (κ1) is 25.6. The van der Waals surface area contributed by atoms with Crippen LogP contribution in [0.1, 0.15) is 36.9 Å². The number of benzene rings is 1. The van der Waals surface area contributed by atoms with Gasteiger partial charge in [0, 0.05) is 24.5 Å². The first-order chi connectivity index (χ1) is 16.1. The Hall–Kier alpha value is -2.98. The highest BCUT2D eigenvalue weighted by molar-refractivity contribution is 7.18. The Labute approximate surface area is 207 Å². The normalized spacial score (nSPS) is 15.6. The van der Waals surface area contributed by atoms with Gasteiger partial charge < -0.3 is 25.4 Å². The minimum atomic E-state index is -0.515. The lowest BCUT2D eigenvalue weighted by molar-refractivity contribution is 0.0527. The summed E-state index contributed by atoms with van der Waals surface area (Å²) in [5.74, 6) is -0.247. The van der Waals surface area contributed by atoms with Crippen LogP contribution in [0.4, 0.5) is 21.0 Å². The van der Waals surface area contributed by atoms with Crippen LogP contribution in [0.25, 0.3) is 0 Å². The second-order valence-corrected chi connectivity index (χ2v) is 10.4. The summed E-state index contributed by atoms with van der Waals surface area (Å²) in [6.45, 7) is 7.18. The second-order valence-electron chi connectivity index (χ2n) is 8.69. The molecule has 2 aromatic rings. The molecule has 0 aliphatic carbocycles. The molecule has 0 saturated carbocycles. The minimum absolute atomic E-state index is 0.216. The van der Waals surface area contributed by atoms with Crippen LogP contribution in [0.15, 0.2) is 36.4 Å². The Morgan fingerprint density at radius 3 is 2.53 bits per heavy atom. The third-order valence-corrected chi connectivity index (χ3v) is 5.92. The van der Waals surface area contributed by atoms with Gasteiger partial charge in [-0.15, -0.1) is 11.3 Å². The number of alkyl carbamates (subject to hydrolysis) is 1. The van der Waals surface area contributed by atoms with E-state index >= 15 is 0 Å². The van der Waals surface area contributed by atoms with Crippen LogP contribution in [0.2, 0.25) is 4.34 Å². The monoisotopic (exact) mass is 508 g/mol. The lowest BCUT2D eigenvalue weighted by Crippen LogP contribution is -2.34. The van der Waals surface area contributed by atoms with Gasteiger partial charge in [0.2, 0.25) is 0 Å². The fourth-order valence-electron chi connectivity index (χ4n) is 3.15. The van der Waals surface area contributed by atoms with Gasteiger partial charge in [-0.3, -0.25) is 9.69 Å². The van der Waals surface area contributed by atoms with Crippen LogP contribution in [0.5, 0.6) is 0 Å². The summed E-state index contributed by atoms with van der Waals surface area (Å²) in [6.07, 6.45) is -0.595. The van der Waals surface area contributed by atoms with Gasteiger partial charge in [0.05, 0.1) is 22.3 Å². The van der Waals surface area contributed by atoms with Crippen LogP contribution in [-0.4, -0.2) is 56.0 Å². The van der Waals surface area contributed by atoms with Crippen LogP contribution in [0, 0.1) is 0 Å². The zero-order chi connectivity index (χ0) is 24.7. The molecule has 3 rings (SSSR count). The summed E-state index contributed by atoms with van der Waals surface area (Å²) in [4.78, 5) is 38.1. The number of thiophene rings is 1. The quantitative estimate of drug-likeness (QED) is 0.431. The first-order valence-electron chi connectivity index (χ1n) is 10.9. The highest BCUT2D eigenvalue weighted by atomic mass is 35.5. The van der Waals surface area contributed by atoms with E-state index in [-0.39, 0.29) is 12.5 Å². The van der Waals surface area contributed by atoms with Crippen molar-refractivity contribution >= 4 is 52.4 Å².